The van der Waals surface area contributed by atoms with Crippen LogP contribution in [0.2, 0.25) is 0 Å². The number of nitrogens with two attached hydrogens (primary N) is 1. The molecule has 0 heterocycles. The van der Waals surface area contributed by atoms with E-state index in [9.17, 15) is 9.59 Å². The molecule has 4 heteroatoms. The number of ketones is 1. The minimum absolute atomic E-state index is 0.225. The van der Waals surface area contributed by atoms with Crippen molar-refractivity contribution in [1.29, 1.82) is 0 Å². The van der Waals surface area contributed by atoms with Crippen molar-refractivity contribution < 1.29 is 9.59 Å². The summed E-state index contributed by atoms with van der Waals surface area (Å²) in [6, 6.07) is -0.778. The molecular weight excluding hydrogens is 132 g/mol. The van der Waals surface area contributed by atoms with Crippen LogP contribution in [0.25, 0.3) is 0 Å². The summed E-state index contributed by atoms with van der Waals surface area (Å²) < 4.78 is 0. The van der Waals surface area contributed by atoms with Crippen molar-refractivity contribution in [3.05, 3.63) is 0 Å². The molecule has 0 aromatic rings. The van der Waals surface area contributed by atoms with Gasteiger partial charge in [-0.05, 0) is 21.0 Å². The molecule has 10 heavy (non-hydrogen) atoms. The maximum atomic E-state index is 10.7. The molecule has 0 saturated heterocycles. The van der Waals surface area contributed by atoms with E-state index in [0.717, 1.165) is 0 Å². The standard InChI is InChI=1S/C6H12N2O2/c1-4(9)5(6(7)10)8(2)3/h5H,1-3H3,(H2,7,10). The van der Waals surface area contributed by atoms with Gasteiger partial charge in [-0.15, -0.1) is 0 Å². The zero-order valence-electron chi connectivity index (χ0n) is 6.42. The number of Topliss-reactive ketones (excluding diaryl/α,β-unsaturated/α-hetero) is 1. The van der Waals surface area contributed by atoms with E-state index in [4.69, 9.17) is 5.73 Å². The van der Waals surface area contributed by atoms with Crippen molar-refractivity contribution in [3.8, 4) is 0 Å². The van der Waals surface area contributed by atoms with Gasteiger partial charge in [0.2, 0.25) is 5.91 Å². The van der Waals surface area contributed by atoms with Crippen LogP contribution in [0.3, 0.4) is 0 Å². The summed E-state index contributed by atoms with van der Waals surface area (Å²) in [5.41, 5.74) is 4.94. The minimum Gasteiger partial charge on any atom is -0.368 e. The molecule has 0 radical (unpaired) electrons. The monoisotopic (exact) mass is 144 g/mol. The molecule has 1 atom stereocenters. The van der Waals surface area contributed by atoms with Crippen LogP contribution in [0, 0.1) is 0 Å². The van der Waals surface area contributed by atoms with Crippen LogP contribution in [-0.4, -0.2) is 36.7 Å². The number of nitrogens with zero attached hydrogens (tertiary/aromatic N) is 1. The predicted octanol–water partition coefficient (Wildman–Crippen LogP) is -1.01. The van der Waals surface area contributed by atoms with Gasteiger partial charge in [-0.3, -0.25) is 14.5 Å². The van der Waals surface area contributed by atoms with Crippen molar-refractivity contribution >= 4 is 11.7 Å². The maximum Gasteiger partial charge on any atom is 0.242 e. The number of carbonyl (C=O) groups is 2. The van der Waals surface area contributed by atoms with Crippen molar-refractivity contribution in [3.63, 3.8) is 0 Å². The number of hydrogen-bond donors (Lipinski definition) is 1. The third-order valence-corrected chi connectivity index (χ3v) is 1.17. The van der Waals surface area contributed by atoms with Gasteiger partial charge in [-0.1, -0.05) is 0 Å². The zero-order chi connectivity index (χ0) is 8.31. The van der Waals surface area contributed by atoms with Crippen LogP contribution in [-0.2, 0) is 9.59 Å². The van der Waals surface area contributed by atoms with E-state index >= 15 is 0 Å². The van der Waals surface area contributed by atoms with Gasteiger partial charge < -0.3 is 5.73 Å². The Morgan fingerprint density at radius 1 is 1.40 bits per heavy atom. The lowest BCUT2D eigenvalue weighted by molar-refractivity contribution is -0.131. The molecule has 0 aliphatic heterocycles. The molecule has 0 saturated carbocycles. The van der Waals surface area contributed by atoms with Gasteiger partial charge in [-0.25, -0.2) is 0 Å². The summed E-state index contributed by atoms with van der Waals surface area (Å²) >= 11 is 0. The highest BCUT2D eigenvalue weighted by molar-refractivity contribution is 6.03. The molecule has 0 fully saturated rings. The topological polar surface area (TPSA) is 63.4 Å². The van der Waals surface area contributed by atoms with E-state index in [0.29, 0.717) is 0 Å². The quantitative estimate of drug-likeness (QED) is 0.516. The fourth-order valence-electron chi connectivity index (χ4n) is 0.818. The first kappa shape index (κ1) is 9.10. The Labute approximate surface area is 60.0 Å². The Kier molecular flexibility index (Phi) is 3.02. The highest BCUT2D eigenvalue weighted by atomic mass is 16.2. The Balaban J connectivity index is 4.27. The van der Waals surface area contributed by atoms with E-state index in [1.165, 1.54) is 11.8 Å². The van der Waals surface area contributed by atoms with Crippen LogP contribution < -0.4 is 5.73 Å². The van der Waals surface area contributed by atoms with Gasteiger partial charge in [0.15, 0.2) is 5.78 Å². The first-order chi connectivity index (χ1) is 4.46. The molecular formula is C6H12N2O2. The van der Waals surface area contributed by atoms with Crippen LogP contribution in [0.1, 0.15) is 6.92 Å². The fraction of sp³-hybridized carbons (Fsp3) is 0.667. The average Bonchev–Trinajstić information content (AvgIpc) is 1.59. The number of primary amides is 1. The number of carbonyl (C=O) groups excluding carboxylic acids is 2. The SMILES string of the molecule is CC(=O)C(C(N)=O)N(C)C. The normalized spacial score (nSPS) is 13.2. The summed E-state index contributed by atoms with van der Waals surface area (Å²) in [5.74, 6) is -0.824. The molecule has 0 aliphatic rings. The zero-order valence-corrected chi connectivity index (χ0v) is 6.42. The summed E-state index contributed by atoms with van der Waals surface area (Å²) in [5, 5.41) is 0. The predicted molar refractivity (Wildman–Crippen MR) is 37.4 cm³/mol. The van der Waals surface area contributed by atoms with E-state index < -0.39 is 11.9 Å². The van der Waals surface area contributed by atoms with Crippen LogP contribution in [0.4, 0.5) is 0 Å². The number of rotatable bonds is 3. The summed E-state index contributed by atoms with van der Waals surface area (Å²) in [7, 11) is 3.27. The average molecular weight is 144 g/mol. The second kappa shape index (κ2) is 3.31. The van der Waals surface area contributed by atoms with Gasteiger partial charge in [0, 0.05) is 0 Å². The van der Waals surface area contributed by atoms with E-state index in [1.807, 2.05) is 0 Å². The van der Waals surface area contributed by atoms with Gasteiger partial charge in [0.25, 0.3) is 0 Å². The van der Waals surface area contributed by atoms with Crippen molar-refractivity contribution in [2.45, 2.75) is 13.0 Å². The Bertz CT molecular complexity index is 140. The van der Waals surface area contributed by atoms with Crippen LogP contribution in [0.15, 0.2) is 0 Å². The second-order valence-electron chi connectivity index (χ2n) is 2.38. The van der Waals surface area contributed by atoms with E-state index in [1.54, 1.807) is 14.1 Å². The van der Waals surface area contributed by atoms with Crippen LogP contribution >= 0.6 is 0 Å². The molecule has 0 spiro atoms. The molecule has 58 valence electrons. The molecule has 0 aromatic heterocycles. The van der Waals surface area contributed by atoms with Crippen LogP contribution in [0.5, 0.6) is 0 Å². The second-order valence-corrected chi connectivity index (χ2v) is 2.38. The molecule has 4 nitrogen and oxygen atoms in total. The highest BCUT2D eigenvalue weighted by Gasteiger charge is 2.21. The minimum atomic E-state index is -0.778. The first-order valence-corrected chi connectivity index (χ1v) is 2.93. The highest BCUT2D eigenvalue weighted by Crippen LogP contribution is 1.92. The molecule has 0 bridgehead atoms. The van der Waals surface area contributed by atoms with Crippen molar-refractivity contribution in [1.82, 2.24) is 4.90 Å². The Morgan fingerprint density at radius 2 is 1.80 bits per heavy atom. The van der Waals surface area contributed by atoms with Crippen molar-refractivity contribution in [2.75, 3.05) is 14.1 Å². The molecule has 1 unspecified atom stereocenters. The van der Waals surface area contributed by atoms with Gasteiger partial charge >= 0.3 is 0 Å². The maximum absolute atomic E-state index is 10.7. The Hall–Kier alpha value is -0.900. The molecule has 2 N–H and O–H groups in total. The lowest BCUT2D eigenvalue weighted by atomic mass is 10.2. The third kappa shape index (κ3) is 2.14. The molecule has 0 aromatic carbocycles. The molecule has 0 aliphatic carbocycles. The summed E-state index contributed by atoms with van der Waals surface area (Å²) in [6.07, 6.45) is 0. The fourth-order valence-corrected chi connectivity index (χ4v) is 0.818. The first-order valence-electron chi connectivity index (χ1n) is 2.93. The summed E-state index contributed by atoms with van der Waals surface area (Å²) in [6.45, 7) is 1.34. The van der Waals surface area contributed by atoms with E-state index in [-0.39, 0.29) is 5.78 Å². The molecule has 0 rings (SSSR count). The number of hydrogen-bond acceptors (Lipinski definition) is 3. The smallest absolute Gasteiger partial charge is 0.242 e. The lowest BCUT2D eigenvalue weighted by Gasteiger charge is -2.17. The van der Waals surface area contributed by atoms with Gasteiger partial charge in [-0.2, -0.15) is 0 Å². The molecule has 1 amide bonds. The van der Waals surface area contributed by atoms with E-state index in [2.05, 4.69) is 0 Å². The number of amides is 1. The third-order valence-electron chi connectivity index (χ3n) is 1.17. The lowest BCUT2D eigenvalue weighted by Crippen LogP contribution is -2.45. The van der Waals surface area contributed by atoms with Crippen molar-refractivity contribution in [2.24, 2.45) is 5.73 Å². The number of likely N-dealkylation sites (N-methyl/N-ethyl adjacent to an activating group) is 1. The summed E-state index contributed by atoms with van der Waals surface area (Å²) in [4.78, 5) is 22.7. The Morgan fingerprint density at radius 3 is 1.80 bits per heavy atom. The van der Waals surface area contributed by atoms with Gasteiger partial charge in [0.05, 0.1) is 0 Å². The van der Waals surface area contributed by atoms with Gasteiger partial charge in [0.1, 0.15) is 6.04 Å². The largest absolute Gasteiger partial charge is 0.368 e.